The summed E-state index contributed by atoms with van der Waals surface area (Å²) in [5, 5.41) is 13.4. The van der Waals surface area contributed by atoms with Crippen LogP contribution in [0.3, 0.4) is 0 Å². The summed E-state index contributed by atoms with van der Waals surface area (Å²) in [5.41, 5.74) is 0.731. The summed E-state index contributed by atoms with van der Waals surface area (Å²) in [6.45, 7) is 4.92. The van der Waals surface area contributed by atoms with Gasteiger partial charge in [-0.25, -0.2) is 4.68 Å². The molecular formula is C16H18N6O2. The average Bonchev–Trinajstić information content (AvgIpc) is 3.10. The molecule has 1 saturated heterocycles. The van der Waals surface area contributed by atoms with Crippen molar-refractivity contribution >= 4 is 16.8 Å². The molecule has 8 nitrogen and oxygen atoms in total. The number of furan rings is 1. The number of rotatable bonds is 4. The van der Waals surface area contributed by atoms with Gasteiger partial charge in [0.1, 0.15) is 0 Å². The van der Waals surface area contributed by atoms with E-state index < -0.39 is 0 Å². The van der Waals surface area contributed by atoms with Crippen LogP contribution in [-0.4, -0.2) is 57.6 Å². The summed E-state index contributed by atoms with van der Waals surface area (Å²) < 4.78 is 7.04. The summed E-state index contributed by atoms with van der Waals surface area (Å²) in [7, 11) is 0. The second-order valence-corrected chi connectivity index (χ2v) is 5.79. The van der Waals surface area contributed by atoms with Gasteiger partial charge in [0.15, 0.2) is 11.4 Å². The molecule has 1 aliphatic heterocycles. The molecule has 124 valence electrons. The smallest absolute Gasteiger partial charge is 0.266 e. The number of hydrogen-bond donors (Lipinski definition) is 0. The molecule has 1 aliphatic rings. The van der Waals surface area contributed by atoms with Crippen molar-refractivity contribution in [3.05, 3.63) is 47.2 Å². The summed E-state index contributed by atoms with van der Waals surface area (Å²) in [6.07, 6.45) is 5.02. The third kappa shape index (κ3) is 2.88. The number of piperazine rings is 1. The number of fused-ring (bicyclic) bond motifs is 1. The van der Waals surface area contributed by atoms with Crippen molar-refractivity contribution in [1.29, 1.82) is 0 Å². The monoisotopic (exact) mass is 326 g/mol. The van der Waals surface area contributed by atoms with Crippen LogP contribution in [0.15, 0.2) is 46.1 Å². The van der Waals surface area contributed by atoms with Gasteiger partial charge in [0.25, 0.3) is 5.56 Å². The maximum absolute atomic E-state index is 11.7. The van der Waals surface area contributed by atoms with Crippen molar-refractivity contribution in [2.24, 2.45) is 0 Å². The van der Waals surface area contributed by atoms with Crippen LogP contribution in [-0.2, 0) is 6.54 Å². The zero-order chi connectivity index (χ0) is 16.4. The van der Waals surface area contributed by atoms with Gasteiger partial charge >= 0.3 is 0 Å². The van der Waals surface area contributed by atoms with Crippen molar-refractivity contribution in [2.45, 2.75) is 6.54 Å². The van der Waals surface area contributed by atoms with E-state index in [1.54, 1.807) is 24.7 Å². The molecule has 0 bridgehead atoms. The summed E-state index contributed by atoms with van der Waals surface area (Å²) in [6, 6.07) is 5.09. The first-order valence-electron chi connectivity index (χ1n) is 7.99. The van der Waals surface area contributed by atoms with Crippen LogP contribution in [0.1, 0.15) is 0 Å². The second kappa shape index (κ2) is 6.40. The Morgan fingerprint density at radius 2 is 2.00 bits per heavy atom. The predicted octanol–water partition coefficient (Wildman–Crippen LogP) is 0.602. The molecule has 3 aromatic heterocycles. The van der Waals surface area contributed by atoms with Crippen molar-refractivity contribution in [3.8, 4) is 0 Å². The third-order valence-corrected chi connectivity index (χ3v) is 4.33. The molecule has 0 radical (unpaired) electrons. The normalized spacial score (nSPS) is 15.9. The first kappa shape index (κ1) is 14.8. The zero-order valence-electron chi connectivity index (χ0n) is 13.2. The Morgan fingerprint density at radius 1 is 1.12 bits per heavy atom. The number of nitrogens with zero attached hydrogens (tertiary/aromatic N) is 6. The van der Waals surface area contributed by atoms with Crippen molar-refractivity contribution in [1.82, 2.24) is 24.9 Å². The number of hydrogen-bond acceptors (Lipinski definition) is 7. The Kier molecular flexibility index (Phi) is 3.96. The lowest BCUT2D eigenvalue weighted by atomic mass is 10.3. The highest BCUT2D eigenvalue weighted by Gasteiger charge is 2.21. The fourth-order valence-electron chi connectivity index (χ4n) is 2.98. The Balaban J connectivity index is 1.38. The first-order valence-corrected chi connectivity index (χ1v) is 7.99. The van der Waals surface area contributed by atoms with Gasteiger partial charge in [-0.1, -0.05) is 0 Å². The van der Waals surface area contributed by atoms with E-state index in [4.69, 9.17) is 4.42 Å². The predicted molar refractivity (Wildman–Crippen MR) is 89.0 cm³/mol. The lowest BCUT2D eigenvalue weighted by Gasteiger charge is -2.34. The maximum Gasteiger partial charge on any atom is 0.266 e. The van der Waals surface area contributed by atoms with E-state index in [-0.39, 0.29) is 5.56 Å². The van der Waals surface area contributed by atoms with Gasteiger partial charge in [-0.3, -0.25) is 9.69 Å². The van der Waals surface area contributed by atoms with Crippen LogP contribution < -0.4 is 10.5 Å². The van der Waals surface area contributed by atoms with Gasteiger partial charge in [-0.05, 0) is 12.1 Å². The average molecular weight is 326 g/mol. The fraction of sp³-hybridized carbons (Fsp3) is 0.375. The van der Waals surface area contributed by atoms with E-state index in [0.29, 0.717) is 6.54 Å². The SMILES string of the molecule is O=c1cccnn1CCN1CCN(c2nncc3ccoc23)CC1. The van der Waals surface area contributed by atoms with E-state index in [0.717, 1.165) is 49.5 Å². The number of anilines is 1. The van der Waals surface area contributed by atoms with Crippen LogP contribution in [0.2, 0.25) is 0 Å². The molecule has 8 heteroatoms. The van der Waals surface area contributed by atoms with Gasteiger partial charge in [0, 0.05) is 50.4 Å². The molecule has 4 heterocycles. The zero-order valence-corrected chi connectivity index (χ0v) is 13.2. The molecule has 0 atom stereocenters. The van der Waals surface area contributed by atoms with Gasteiger partial charge in [-0.15, -0.1) is 5.10 Å². The van der Waals surface area contributed by atoms with Gasteiger partial charge in [0.2, 0.25) is 0 Å². The topological polar surface area (TPSA) is 80.3 Å². The van der Waals surface area contributed by atoms with E-state index >= 15 is 0 Å². The van der Waals surface area contributed by atoms with E-state index in [1.807, 2.05) is 6.07 Å². The molecule has 0 aromatic carbocycles. The maximum atomic E-state index is 11.7. The van der Waals surface area contributed by atoms with Crippen molar-refractivity contribution < 1.29 is 4.42 Å². The van der Waals surface area contributed by atoms with Gasteiger partial charge in [0.05, 0.1) is 19.0 Å². The molecular weight excluding hydrogens is 308 g/mol. The molecule has 0 unspecified atom stereocenters. The lowest BCUT2D eigenvalue weighted by Crippen LogP contribution is -2.48. The Labute approximate surface area is 138 Å². The van der Waals surface area contributed by atoms with Gasteiger partial charge in [-0.2, -0.15) is 10.2 Å². The molecule has 0 aliphatic carbocycles. The highest BCUT2D eigenvalue weighted by Crippen LogP contribution is 2.24. The van der Waals surface area contributed by atoms with Crippen LogP contribution in [0.5, 0.6) is 0 Å². The summed E-state index contributed by atoms with van der Waals surface area (Å²) >= 11 is 0. The minimum Gasteiger partial charge on any atom is -0.460 e. The minimum atomic E-state index is -0.0593. The van der Waals surface area contributed by atoms with E-state index in [9.17, 15) is 4.79 Å². The molecule has 0 amide bonds. The standard InChI is InChI=1S/C16H18N6O2/c23-14-2-1-4-18-22(14)10-7-20-5-8-21(9-6-20)16-15-13(3-11-24-15)12-17-19-16/h1-4,11-12H,5-10H2. The fourth-order valence-corrected chi connectivity index (χ4v) is 2.98. The summed E-state index contributed by atoms with van der Waals surface area (Å²) in [5.74, 6) is 0.804. The minimum absolute atomic E-state index is 0.0593. The Bertz CT molecular complexity index is 881. The number of aromatic nitrogens is 4. The van der Waals surface area contributed by atoms with Crippen LogP contribution >= 0.6 is 0 Å². The largest absolute Gasteiger partial charge is 0.460 e. The molecule has 0 saturated carbocycles. The Morgan fingerprint density at radius 3 is 2.83 bits per heavy atom. The van der Waals surface area contributed by atoms with Crippen LogP contribution in [0.25, 0.3) is 11.0 Å². The van der Waals surface area contributed by atoms with Crippen molar-refractivity contribution in [2.75, 3.05) is 37.6 Å². The third-order valence-electron chi connectivity index (χ3n) is 4.33. The van der Waals surface area contributed by atoms with Crippen molar-refractivity contribution in [3.63, 3.8) is 0 Å². The molecule has 3 aromatic rings. The highest BCUT2D eigenvalue weighted by molar-refractivity contribution is 5.86. The lowest BCUT2D eigenvalue weighted by molar-refractivity contribution is 0.242. The molecule has 4 rings (SSSR count). The van der Waals surface area contributed by atoms with Gasteiger partial charge < -0.3 is 9.32 Å². The second-order valence-electron chi connectivity index (χ2n) is 5.79. The highest BCUT2D eigenvalue weighted by atomic mass is 16.3. The van der Waals surface area contributed by atoms with Crippen LogP contribution in [0, 0.1) is 0 Å². The molecule has 1 fully saturated rings. The Hall–Kier alpha value is -2.74. The quantitative estimate of drug-likeness (QED) is 0.694. The summed E-state index contributed by atoms with van der Waals surface area (Å²) in [4.78, 5) is 16.2. The molecule has 24 heavy (non-hydrogen) atoms. The molecule has 0 spiro atoms. The van der Waals surface area contributed by atoms with E-state index in [1.165, 1.54) is 10.7 Å². The van der Waals surface area contributed by atoms with E-state index in [2.05, 4.69) is 25.1 Å². The first-order chi connectivity index (χ1) is 11.8. The molecule has 0 N–H and O–H groups in total. The van der Waals surface area contributed by atoms with Crippen LogP contribution in [0.4, 0.5) is 5.82 Å².